The van der Waals surface area contributed by atoms with Gasteiger partial charge in [0.15, 0.2) is 5.84 Å². The fourth-order valence-corrected chi connectivity index (χ4v) is 11.0. The SMILES string of the molecule is COc1ccc(CN(Cc2ccc(OC)cc2)S(=O)(=O)c2c(S(=O)(=O)NCCNC(=O)OC(C)(C)C)ccc(-c3cccc(C(=O)NCCCNC(=O)OC(C)(C)C)c3)c2C2=N/c3cc(ccc3OC)CN/N=N\2)cc1. The van der Waals surface area contributed by atoms with E-state index < -0.39 is 59.1 Å². The second kappa shape index (κ2) is 25.3. The van der Waals surface area contributed by atoms with Crippen molar-refractivity contribution in [2.24, 2.45) is 15.3 Å². The second-order valence-corrected chi connectivity index (χ2v) is 22.8. The normalized spacial score (nSPS) is 13.8. The molecule has 0 aromatic heterocycles. The number of benzene rings is 5. The molecule has 406 valence electrons. The number of aliphatic imine (C=N–C) groups is 1. The van der Waals surface area contributed by atoms with Gasteiger partial charge in [-0.3, -0.25) is 10.2 Å². The van der Waals surface area contributed by atoms with Crippen LogP contribution in [-0.4, -0.2) is 104 Å². The molecule has 0 saturated heterocycles. The minimum absolute atomic E-state index is 0.0984. The predicted molar refractivity (Wildman–Crippen MR) is 286 cm³/mol. The van der Waals surface area contributed by atoms with Crippen LogP contribution in [0.15, 0.2) is 128 Å². The molecule has 0 unspecified atom stereocenters. The molecule has 3 amide bonds. The Morgan fingerprint density at radius 1 is 0.671 bits per heavy atom. The fraction of sp³-hybridized carbons (Fsp3) is 0.358. The van der Waals surface area contributed by atoms with E-state index in [1.54, 1.807) is 126 Å². The number of fused-ring (bicyclic) bond motifs is 2. The average molecular weight is 1080 g/mol. The van der Waals surface area contributed by atoms with Crippen LogP contribution in [-0.2, 0) is 49.2 Å². The molecule has 1 aliphatic heterocycles. The summed E-state index contributed by atoms with van der Waals surface area (Å²) in [5, 5.41) is 16.7. The Bertz CT molecular complexity index is 3110. The molecule has 1 heterocycles. The van der Waals surface area contributed by atoms with Crippen molar-refractivity contribution < 1.29 is 54.9 Å². The highest BCUT2D eigenvalue weighted by Gasteiger charge is 2.38. The molecule has 5 N–H and O–H groups in total. The van der Waals surface area contributed by atoms with Crippen LogP contribution in [0.1, 0.15) is 80.6 Å². The molecule has 0 spiro atoms. The van der Waals surface area contributed by atoms with Crippen LogP contribution in [0.3, 0.4) is 0 Å². The fourth-order valence-electron chi connectivity index (χ4n) is 7.57. The standard InChI is InChI=1S/C53H65N9O12S2/c1-52(2,3)73-50(64)55-27-11-26-54-49(63)39-13-10-12-38(31-39)42-23-25-45(75(66,67)58-29-28-56-51(65)74-53(4,5)6)47(46(42)48-59-43-30-37(32-57-61-60-48)18-24-44(43)72-9)76(68,69)62(33-35-14-19-40(70-7)20-15-35)34-36-16-21-41(71-8)22-17-36/h10,12-25,30-31,58H,11,26-29,32-34H2,1-9H3,(H,54,63)(H,55,64)(H,56,65)(H,57,59,60). The summed E-state index contributed by atoms with van der Waals surface area (Å²) in [4.78, 5) is 42.0. The maximum atomic E-state index is 16.3. The Kier molecular flexibility index (Phi) is 19.2. The third kappa shape index (κ3) is 16.0. The molecule has 76 heavy (non-hydrogen) atoms. The van der Waals surface area contributed by atoms with E-state index in [0.29, 0.717) is 29.0 Å². The van der Waals surface area contributed by atoms with Crippen molar-refractivity contribution >= 4 is 49.7 Å². The van der Waals surface area contributed by atoms with E-state index >= 15 is 8.42 Å². The number of amidine groups is 1. The van der Waals surface area contributed by atoms with Gasteiger partial charge in [0.1, 0.15) is 43.9 Å². The molecule has 21 nitrogen and oxygen atoms in total. The number of amides is 3. The summed E-state index contributed by atoms with van der Waals surface area (Å²) >= 11 is 0. The number of rotatable bonds is 21. The summed E-state index contributed by atoms with van der Waals surface area (Å²) in [6, 6.07) is 27.5. The van der Waals surface area contributed by atoms with E-state index in [1.165, 1.54) is 33.5 Å². The van der Waals surface area contributed by atoms with Crippen molar-refractivity contribution in [1.29, 1.82) is 0 Å². The van der Waals surface area contributed by atoms with Gasteiger partial charge in [0.05, 0.1) is 33.4 Å². The van der Waals surface area contributed by atoms with Crippen LogP contribution >= 0.6 is 0 Å². The Morgan fingerprint density at radius 2 is 1.26 bits per heavy atom. The Balaban J connectivity index is 1.58. The number of sulfonamides is 2. The van der Waals surface area contributed by atoms with Gasteiger partial charge >= 0.3 is 12.2 Å². The van der Waals surface area contributed by atoms with Gasteiger partial charge in [0.25, 0.3) is 5.91 Å². The minimum Gasteiger partial charge on any atom is -0.497 e. The van der Waals surface area contributed by atoms with Gasteiger partial charge in [-0.05, 0) is 130 Å². The average Bonchev–Trinajstić information content (AvgIpc) is 3.45. The van der Waals surface area contributed by atoms with Crippen molar-refractivity contribution in [2.75, 3.05) is 47.5 Å². The summed E-state index contributed by atoms with van der Waals surface area (Å²) in [6.07, 6.45) is -1.02. The first-order valence-corrected chi connectivity index (χ1v) is 27.1. The molecule has 23 heteroatoms. The van der Waals surface area contributed by atoms with E-state index in [4.69, 9.17) is 28.7 Å². The first kappa shape index (κ1) is 57.7. The molecule has 0 radical (unpaired) electrons. The largest absolute Gasteiger partial charge is 0.497 e. The summed E-state index contributed by atoms with van der Waals surface area (Å²) < 4.78 is 93.2. The van der Waals surface area contributed by atoms with Crippen LogP contribution in [0, 0.1) is 0 Å². The quantitative estimate of drug-likeness (QED) is 0.0440. The highest BCUT2D eigenvalue weighted by atomic mass is 32.2. The van der Waals surface area contributed by atoms with E-state index in [0.717, 1.165) is 15.9 Å². The predicted octanol–water partition coefficient (Wildman–Crippen LogP) is 7.77. The van der Waals surface area contributed by atoms with E-state index in [-0.39, 0.29) is 85.3 Å². The Morgan fingerprint density at radius 3 is 1.84 bits per heavy atom. The Labute approximate surface area is 443 Å². The van der Waals surface area contributed by atoms with Gasteiger partial charge in [0.2, 0.25) is 20.0 Å². The lowest BCUT2D eigenvalue weighted by Crippen LogP contribution is -2.38. The first-order valence-electron chi connectivity index (χ1n) is 24.1. The Hall–Kier alpha value is -7.60. The third-order valence-corrected chi connectivity index (χ3v) is 14.6. The lowest BCUT2D eigenvalue weighted by atomic mass is 9.97. The smallest absolute Gasteiger partial charge is 0.407 e. The number of methoxy groups -OCH3 is 3. The number of carbonyl (C=O) groups excluding carboxylic acids is 3. The molecule has 0 atom stereocenters. The number of carbonyl (C=O) groups is 3. The maximum Gasteiger partial charge on any atom is 0.407 e. The van der Waals surface area contributed by atoms with Gasteiger partial charge in [-0.2, -0.15) is 4.31 Å². The molecular weight excluding hydrogens is 1020 g/mol. The summed E-state index contributed by atoms with van der Waals surface area (Å²) in [5.41, 5.74) is 3.57. The summed E-state index contributed by atoms with van der Waals surface area (Å²) in [7, 11) is -5.49. The van der Waals surface area contributed by atoms with Crippen LogP contribution in [0.25, 0.3) is 11.1 Å². The van der Waals surface area contributed by atoms with Crippen LogP contribution in [0.4, 0.5) is 15.3 Å². The molecule has 6 rings (SSSR count). The van der Waals surface area contributed by atoms with Gasteiger partial charge in [-0.15, -0.1) is 5.11 Å². The van der Waals surface area contributed by atoms with Crippen molar-refractivity contribution in [3.05, 3.63) is 131 Å². The lowest BCUT2D eigenvalue weighted by molar-refractivity contribution is 0.0516. The van der Waals surface area contributed by atoms with Gasteiger partial charge < -0.3 is 39.6 Å². The van der Waals surface area contributed by atoms with Gasteiger partial charge in [-0.1, -0.05) is 53.8 Å². The lowest BCUT2D eigenvalue weighted by Gasteiger charge is -2.27. The molecule has 0 aliphatic carbocycles. The van der Waals surface area contributed by atoms with Crippen molar-refractivity contribution in [3.8, 4) is 28.4 Å². The summed E-state index contributed by atoms with van der Waals surface area (Å²) in [5.74, 6) is 0.488. The third-order valence-electron chi connectivity index (χ3n) is 11.1. The van der Waals surface area contributed by atoms with Crippen LogP contribution in [0.2, 0.25) is 0 Å². The minimum atomic E-state index is -5.08. The number of nitrogens with one attached hydrogen (secondary N) is 5. The number of ether oxygens (including phenoxy) is 5. The number of hydrogen-bond acceptors (Lipinski definition) is 16. The van der Waals surface area contributed by atoms with Gasteiger partial charge in [0, 0.05) is 44.8 Å². The van der Waals surface area contributed by atoms with Gasteiger partial charge in [-0.25, -0.2) is 36.1 Å². The molecular formula is C53H65N9O12S2. The molecule has 5 aromatic rings. The highest BCUT2D eigenvalue weighted by molar-refractivity contribution is 7.92. The van der Waals surface area contributed by atoms with Crippen molar-refractivity contribution in [2.45, 2.75) is 88.6 Å². The zero-order valence-corrected chi connectivity index (χ0v) is 45.6. The zero-order valence-electron chi connectivity index (χ0n) is 44.0. The molecule has 0 saturated carbocycles. The molecule has 2 bridgehead atoms. The zero-order chi connectivity index (χ0) is 55.3. The highest BCUT2D eigenvalue weighted by Crippen LogP contribution is 2.40. The van der Waals surface area contributed by atoms with Crippen LogP contribution < -0.4 is 40.3 Å². The monoisotopic (exact) mass is 1080 g/mol. The number of alkyl carbamates (subject to hydrolysis) is 2. The van der Waals surface area contributed by atoms with E-state index in [1.807, 2.05) is 0 Å². The van der Waals surface area contributed by atoms with Crippen molar-refractivity contribution in [3.63, 3.8) is 0 Å². The molecule has 0 fully saturated rings. The van der Waals surface area contributed by atoms with Crippen LogP contribution in [0.5, 0.6) is 17.2 Å². The summed E-state index contributed by atoms with van der Waals surface area (Å²) in [6.45, 7) is 9.68. The first-order chi connectivity index (χ1) is 36.0. The topological polar surface area (TPSA) is 266 Å². The maximum absolute atomic E-state index is 16.3. The number of nitrogens with zero attached hydrogens (tertiary/aromatic N) is 4. The van der Waals surface area contributed by atoms with Crippen molar-refractivity contribution in [1.82, 2.24) is 30.4 Å². The molecule has 5 aromatic carbocycles. The van der Waals surface area contributed by atoms with E-state index in [2.05, 4.69) is 36.4 Å². The molecule has 1 aliphatic rings. The second-order valence-electron chi connectivity index (χ2n) is 19.2. The van der Waals surface area contributed by atoms with E-state index in [9.17, 15) is 22.8 Å². The number of hydrogen-bond donors (Lipinski definition) is 5.